The molecule has 0 unspecified atom stereocenters. The van der Waals surface area contributed by atoms with E-state index < -0.39 is 9.73 Å². The van der Waals surface area contributed by atoms with Gasteiger partial charge in [-0.25, -0.2) is 4.21 Å². The van der Waals surface area contributed by atoms with E-state index in [1.54, 1.807) is 0 Å². The third kappa shape index (κ3) is 3.06. The zero-order valence-electron chi connectivity index (χ0n) is 9.69. The van der Waals surface area contributed by atoms with E-state index in [-0.39, 0.29) is 0 Å². The molecule has 0 saturated carbocycles. The number of hydrogen-bond donors (Lipinski definition) is 0. The molecular weight excluding hydrogens is 206 g/mol. The largest absolute Gasteiger partial charge is 0.249 e. The second-order valence-electron chi connectivity index (χ2n) is 3.42. The zero-order chi connectivity index (χ0) is 11.3. The van der Waals surface area contributed by atoms with Gasteiger partial charge in [-0.2, -0.15) is 4.36 Å². The van der Waals surface area contributed by atoms with Crippen LogP contribution in [0.4, 0.5) is 5.69 Å². The first-order valence-electron chi connectivity index (χ1n) is 5.45. The minimum atomic E-state index is -2.03. The predicted molar refractivity (Wildman–Crippen MR) is 67.1 cm³/mol. The topological polar surface area (TPSA) is 29.4 Å². The van der Waals surface area contributed by atoms with Gasteiger partial charge in [0.05, 0.1) is 15.4 Å². The van der Waals surface area contributed by atoms with Gasteiger partial charge in [0.15, 0.2) is 0 Å². The Kier molecular flexibility index (Phi) is 4.33. The van der Waals surface area contributed by atoms with Crippen LogP contribution in [0, 0.1) is 0 Å². The molecule has 2 nitrogen and oxygen atoms in total. The van der Waals surface area contributed by atoms with Gasteiger partial charge in [0.25, 0.3) is 0 Å². The zero-order valence-corrected chi connectivity index (χ0v) is 10.5. The second kappa shape index (κ2) is 5.31. The Hall–Kier alpha value is -0.830. The van der Waals surface area contributed by atoms with Crippen LogP contribution in [0.5, 0.6) is 0 Å². The van der Waals surface area contributed by atoms with E-state index in [0.717, 1.165) is 12.1 Å². The molecule has 84 valence electrons. The summed E-state index contributed by atoms with van der Waals surface area (Å²) in [6.45, 7) is 5.96. The number of nitrogens with zero attached hydrogens (tertiary/aromatic N) is 1. The van der Waals surface area contributed by atoms with Crippen LogP contribution in [0.1, 0.15) is 26.3 Å². The van der Waals surface area contributed by atoms with Crippen molar-refractivity contribution in [2.24, 2.45) is 4.36 Å². The first-order valence-corrected chi connectivity index (χ1v) is 7.31. The fourth-order valence-corrected chi connectivity index (χ4v) is 2.61. The van der Waals surface area contributed by atoms with Crippen molar-refractivity contribution in [3.63, 3.8) is 0 Å². The highest BCUT2D eigenvalue weighted by atomic mass is 32.2. The van der Waals surface area contributed by atoms with Gasteiger partial charge in [0.2, 0.25) is 0 Å². The molecule has 0 fully saturated rings. The number of aryl methyl sites for hydroxylation is 1. The van der Waals surface area contributed by atoms with E-state index in [4.69, 9.17) is 0 Å². The van der Waals surface area contributed by atoms with Crippen LogP contribution < -0.4 is 0 Å². The standard InChI is InChI=1S/C12H19NOS/c1-4-11-9-7-8-10-12(11)13-15(14,5-2)6-3/h7-10H,4-6H2,1-3H3. The average Bonchev–Trinajstić information content (AvgIpc) is 2.29. The van der Waals surface area contributed by atoms with Crippen molar-refractivity contribution in [3.8, 4) is 0 Å². The normalized spacial score (nSPS) is 11.4. The van der Waals surface area contributed by atoms with Crippen LogP contribution in [0.3, 0.4) is 0 Å². The molecule has 15 heavy (non-hydrogen) atoms. The Bertz CT molecular complexity index is 421. The summed E-state index contributed by atoms with van der Waals surface area (Å²) in [6.07, 6.45) is 0.933. The van der Waals surface area contributed by atoms with Crippen LogP contribution in [0.2, 0.25) is 0 Å². The van der Waals surface area contributed by atoms with Crippen molar-refractivity contribution in [3.05, 3.63) is 29.8 Å². The van der Waals surface area contributed by atoms with E-state index in [0.29, 0.717) is 11.5 Å². The summed E-state index contributed by atoms with van der Waals surface area (Å²) in [5.74, 6) is 1.25. The number of rotatable bonds is 4. The molecule has 0 heterocycles. The maximum atomic E-state index is 12.2. The molecule has 0 aliphatic heterocycles. The Balaban J connectivity index is 3.23. The molecule has 0 saturated heterocycles. The Labute approximate surface area is 92.9 Å². The van der Waals surface area contributed by atoms with Crippen molar-refractivity contribution in [1.29, 1.82) is 0 Å². The highest BCUT2D eigenvalue weighted by Crippen LogP contribution is 2.21. The summed E-state index contributed by atoms with van der Waals surface area (Å²) in [4.78, 5) is 0. The van der Waals surface area contributed by atoms with Crippen LogP contribution in [-0.4, -0.2) is 15.7 Å². The molecule has 0 aliphatic carbocycles. The predicted octanol–water partition coefficient (Wildman–Crippen LogP) is 3.39. The lowest BCUT2D eigenvalue weighted by Gasteiger charge is -2.07. The Morgan fingerprint density at radius 3 is 2.27 bits per heavy atom. The summed E-state index contributed by atoms with van der Waals surface area (Å²) in [7, 11) is -2.03. The molecule has 0 bridgehead atoms. The van der Waals surface area contributed by atoms with E-state index in [9.17, 15) is 4.21 Å². The van der Waals surface area contributed by atoms with Crippen molar-refractivity contribution in [2.45, 2.75) is 27.2 Å². The first-order chi connectivity index (χ1) is 7.15. The third-order valence-corrected chi connectivity index (χ3v) is 4.87. The van der Waals surface area contributed by atoms with E-state index in [2.05, 4.69) is 11.3 Å². The highest BCUT2D eigenvalue weighted by Gasteiger charge is 2.05. The van der Waals surface area contributed by atoms with Gasteiger partial charge in [0, 0.05) is 11.5 Å². The molecule has 0 N–H and O–H groups in total. The Morgan fingerprint density at radius 2 is 1.73 bits per heavy atom. The van der Waals surface area contributed by atoms with Gasteiger partial charge >= 0.3 is 0 Å². The molecule has 0 atom stereocenters. The summed E-state index contributed by atoms with van der Waals surface area (Å²) >= 11 is 0. The van der Waals surface area contributed by atoms with Gasteiger partial charge in [-0.1, -0.05) is 39.0 Å². The fraction of sp³-hybridized carbons (Fsp3) is 0.500. The first kappa shape index (κ1) is 12.2. The maximum Gasteiger partial charge on any atom is 0.0762 e. The monoisotopic (exact) mass is 225 g/mol. The average molecular weight is 225 g/mol. The molecular formula is C12H19NOS. The van der Waals surface area contributed by atoms with Gasteiger partial charge in [-0.3, -0.25) is 0 Å². The molecule has 1 rings (SSSR count). The molecule has 0 aliphatic rings. The SMILES string of the molecule is CCc1ccccc1N=S(=O)(CC)CC. The van der Waals surface area contributed by atoms with Gasteiger partial charge in [-0.05, 0) is 18.1 Å². The highest BCUT2D eigenvalue weighted by molar-refractivity contribution is 7.93. The summed E-state index contributed by atoms with van der Waals surface area (Å²) in [5.41, 5.74) is 2.07. The van der Waals surface area contributed by atoms with Crippen LogP contribution in [-0.2, 0) is 16.1 Å². The van der Waals surface area contributed by atoms with Crippen LogP contribution >= 0.6 is 0 Å². The van der Waals surface area contributed by atoms with E-state index >= 15 is 0 Å². The molecule has 0 amide bonds. The minimum Gasteiger partial charge on any atom is -0.249 e. The van der Waals surface area contributed by atoms with E-state index in [1.165, 1.54) is 5.56 Å². The smallest absolute Gasteiger partial charge is 0.0762 e. The molecule has 0 radical (unpaired) electrons. The van der Waals surface area contributed by atoms with Gasteiger partial charge < -0.3 is 0 Å². The van der Waals surface area contributed by atoms with E-state index in [1.807, 2.05) is 38.1 Å². The van der Waals surface area contributed by atoms with Gasteiger partial charge in [-0.15, -0.1) is 0 Å². The fourth-order valence-electron chi connectivity index (χ4n) is 1.41. The number of hydrogen-bond acceptors (Lipinski definition) is 2. The van der Waals surface area contributed by atoms with Crippen LogP contribution in [0.25, 0.3) is 0 Å². The third-order valence-electron chi connectivity index (χ3n) is 2.54. The lowest BCUT2D eigenvalue weighted by Crippen LogP contribution is -2.05. The molecule has 0 aromatic heterocycles. The summed E-state index contributed by atoms with van der Waals surface area (Å²) in [6, 6.07) is 7.94. The van der Waals surface area contributed by atoms with Gasteiger partial charge in [0.1, 0.15) is 0 Å². The number of benzene rings is 1. The van der Waals surface area contributed by atoms with Crippen LogP contribution in [0.15, 0.2) is 28.6 Å². The van der Waals surface area contributed by atoms with Crippen molar-refractivity contribution in [1.82, 2.24) is 0 Å². The molecule has 1 aromatic rings. The molecule has 0 spiro atoms. The van der Waals surface area contributed by atoms with Crippen molar-refractivity contribution < 1.29 is 4.21 Å². The minimum absolute atomic E-state index is 0.627. The maximum absolute atomic E-state index is 12.2. The molecule has 3 heteroatoms. The van der Waals surface area contributed by atoms with Crippen molar-refractivity contribution >= 4 is 15.4 Å². The lowest BCUT2D eigenvalue weighted by atomic mass is 10.1. The van der Waals surface area contributed by atoms with Crippen molar-refractivity contribution in [2.75, 3.05) is 11.5 Å². The summed E-state index contributed by atoms with van der Waals surface area (Å²) < 4.78 is 16.6. The molecule has 1 aromatic carbocycles. The summed E-state index contributed by atoms with van der Waals surface area (Å²) in [5, 5.41) is 0. The Morgan fingerprint density at radius 1 is 1.13 bits per heavy atom. The quantitative estimate of drug-likeness (QED) is 0.772. The lowest BCUT2D eigenvalue weighted by molar-refractivity contribution is 0.678. The second-order valence-corrected chi connectivity index (χ2v) is 6.31.